The first kappa shape index (κ1) is 12.6. The summed E-state index contributed by atoms with van der Waals surface area (Å²) in [5, 5.41) is 0. The van der Waals surface area contributed by atoms with Gasteiger partial charge in [-0.1, -0.05) is 34.1 Å². The SMILES string of the molecule is O=C(CC(=O)c1ccccc1Br)c1ccncc1. The van der Waals surface area contributed by atoms with Crippen LogP contribution in [-0.2, 0) is 0 Å². The third-order valence-electron chi connectivity index (χ3n) is 2.50. The quantitative estimate of drug-likeness (QED) is 0.643. The highest BCUT2D eigenvalue weighted by atomic mass is 79.9. The molecule has 0 aliphatic carbocycles. The van der Waals surface area contributed by atoms with Crippen molar-refractivity contribution in [3.8, 4) is 0 Å². The zero-order valence-corrected chi connectivity index (χ0v) is 11.1. The van der Waals surface area contributed by atoms with E-state index in [0.717, 1.165) is 0 Å². The number of Topliss-reactive ketones (excluding diaryl/α,β-unsaturated/α-hetero) is 2. The number of pyridine rings is 1. The van der Waals surface area contributed by atoms with Crippen molar-refractivity contribution in [2.24, 2.45) is 0 Å². The van der Waals surface area contributed by atoms with Crippen LogP contribution in [-0.4, -0.2) is 16.6 Å². The summed E-state index contributed by atoms with van der Waals surface area (Å²) in [6.07, 6.45) is 2.94. The molecule has 1 heterocycles. The molecule has 0 unspecified atom stereocenters. The lowest BCUT2D eigenvalue weighted by atomic mass is 10.0. The van der Waals surface area contributed by atoms with Gasteiger partial charge in [-0.3, -0.25) is 14.6 Å². The molecular formula is C14H10BrNO2. The topological polar surface area (TPSA) is 47.0 Å². The Kier molecular flexibility index (Phi) is 3.99. The molecule has 3 nitrogen and oxygen atoms in total. The third kappa shape index (κ3) is 2.90. The second-order valence-corrected chi connectivity index (χ2v) is 4.59. The first-order chi connectivity index (χ1) is 8.68. The van der Waals surface area contributed by atoms with E-state index in [1.807, 2.05) is 6.07 Å². The van der Waals surface area contributed by atoms with E-state index in [1.165, 1.54) is 12.4 Å². The normalized spacial score (nSPS) is 10.1. The van der Waals surface area contributed by atoms with E-state index < -0.39 is 0 Å². The maximum absolute atomic E-state index is 12.0. The molecule has 2 aromatic rings. The van der Waals surface area contributed by atoms with E-state index in [2.05, 4.69) is 20.9 Å². The maximum atomic E-state index is 12.0. The highest BCUT2D eigenvalue weighted by molar-refractivity contribution is 9.10. The molecule has 4 heteroatoms. The summed E-state index contributed by atoms with van der Waals surface area (Å²) in [6.45, 7) is 0. The number of aromatic nitrogens is 1. The van der Waals surface area contributed by atoms with Gasteiger partial charge in [0.15, 0.2) is 11.6 Å². The van der Waals surface area contributed by atoms with Crippen LogP contribution in [0.1, 0.15) is 27.1 Å². The number of carbonyl (C=O) groups is 2. The van der Waals surface area contributed by atoms with Gasteiger partial charge in [-0.25, -0.2) is 0 Å². The van der Waals surface area contributed by atoms with Crippen molar-refractivity contribution in [2.75, 3.05) is 0 Å². The van der Waals surface area contributed by atoms with E-state index in [9.17, 15) is 9.59 Å². The number of ketones is 2. The molecule has 0 spiro atoms. The van der Waals surface area contributed by atoms with Crippen molar-refractivity contribution >= 4 is 27.5 Å². The van der Waals surface area contributed by atoms with E-state index in [-0.39, 0.29) is 18.0 Å². The van der Waals surface area contributed by atoms with Gasteiger partial charge in [-0.05, 0) is 18.2 Å². The monoisotopic (exact) mass is 303 g/mol. The molecule has 0 bridgehead atoms. The molecule has 18 heavy (non-hydrogen) atoms. The van der Waals surface area contributed by atoms with Crippen LogP contribution in [0.5, 0.6) is 0 Å². The Hall–Kier alpha value is -1.81. The van der Waals surface area contributed by atoms with Gasteiger partial charge < -0.3 is 0 Å². The lowest BCUT2D eigenvalue weighted by Crippen LogP contribution is -2.09. The Morgan fingerprint density at radius 2 is 1.67 bits per heavy atom. The fraction of sp³-hybridized carbons (Fsp3) is 0.0714. The second-order valence-electron chi connectivity index (χ2n) is 3.74. The van der Waals surface area contributed by atoms with Crippen LogP contribution in [0.3, 0.4) is 0 Å². The molecule has 0 aliphatic heterocycles. The van der Waals surface area contributed by atoms with Gasteiger partial charge >= 0.3 is 0 Å². The van der Waals surface area contributed by atoms with E-state index in [0.29, 0.717) is 15.6 Å². The number of benzene rings is 1. The minimum Gasteiger partial charge on any atom is -0.294 e. The standard InChI is InChI=1S/C14H10BrNO2/c15-12-4-2-1-3-11(12)14(18)9-13(17)10-5-7-16-8-6-10/h1-8H,9H2. The Labute approximate surface area is 113 Å². The number of halogens is 1. The van der Waals surface area contributed by atoms with Gasteiger partial charge in [0.1, 0.15) is 0 Å². The van der Waals surface area contributed by atoms with Crippen LogP contribution in [0, 0.1) is 0 Å². The minimum atomic E-state index is -0.196. The van der Waals surface area contributed by atoms with Crippen molar-refractivity contribution in [3.63, 3.8) is 0 Å². The molecule has 0 N–H and O–H groups in total. The zero-order valence-electron chi connectivity index (χ0n) is 9.47. The molecule has 0 saturated heterocycles. The summed E-state index contributed by atoms with van der Waals surface area (Å²) in [4.78, 5) is 27.7. The summed E-state index contributed by atoms with van der Waals surface area (Å²) < 4.78 is 0.706. The van der Waals surface area contributed by atoms with Crippen LogP contribution >= 0.6 is 15.9 Å². The highest BCUT2D eigenvalue weighted by Gasteiger charge is 2.15. The van der Waals surface area contributed by atoms with Crippen molar-refractivity contribution < 1.29 is 9.59 Å². The molecule has 0 atom stereocenters. The lowest BCUT2D eigenvalue weighted by molar-refractivity contribution is 0.0894. The Balaban J connectivity index is 2.14. The van der Waals surface area contributed by atoms with Gasteiger partial charge in [-0.2, -0.15) is 0 Å². The van der Waals surface area contributed by atoms with Gasteiger partial charge in [0.25, 0.3) is 0 Å². The number of hydrogen-bond donors (Lipinski definition) is 0. The first-order valence-corrected chi connectivity index (χ1v) is 6.19. The van der Waals surface area contributed by atoms with E-state index >= 15 is 0 Å². The van der Waals surface area contributed by atoms with E-state index in [1.54, 1.807) is 30.3 Å². The summed E-state index contributed by atoms with van der Waals surface area (Å²) in [6, 6.07) is 10.3. The molecule has 0 aliphatic rings. The third-order valence-corrected chi connectivity index (χ3v) is 3.19. The largest absolute Gasteiger partial charge is 0.294 e. The molecule has 0 radical (unpaired) electrons. The lowest BCUT2D eigenvalue weighted by Gasteiger charge is -2.03. The first-order valence-electron chi connectivity index (χ1n) is 5.39. The van der Waals surface area contributed by atoms with Crippen molar-refractivity contribution in [3.05, 3.63) is 64.4 Å². The number of nitrogens with zero attached hydrogens (tertiary/aromatic N) is 1. The Bertz CT molecular complexity index is 581. The molecule has 1 aromatic carbocycles. The molecule has 0 fully saturated rings. The molecule has 1 aromatic heterocycles. The molecule has 0 amide bonds. The second kappa shape index (κ2) is 5.69. The molecule has 90 valence electrons. The van der Waals surface area contributed by atoms with Crippen molar-refractivity contribution in [1.82, 2.24) is 4.98 Å². The van der Waals surface area contributed by atoms with Gasteiger partial charge in [-0.15, -0.1) is 0 Å². The number of carbonyl (C=O) groups excluding carboxylic acids is 2. The van der Waals surface area contributed by atoms with Gasteiger partial charge in [0.2, 0.25) is 0 Å². The van der Waals surface area contributed by atoms with Crippen LogP contribution in [0.25, 0.3) is 0 Å². The van der Waals surface area contributed by atoms with Crippen LogP contribution in [0.15, 0.2) is 53.3 Å². The van der Waals surface area contributed by atoms with Gasteiger partial charge in [0.05, 0.1) is 6.42 Å². The molecular weight excluding hydrogens is 294 g/mol. The van der Waals surface area contributed by atoms with Crippen LogP contribution in [0.4, 0.5) is 0 Å². The van der Waals surface area contributed by atoms with Crippen LogP contribution < -0.4 is 0 Å². The Morgan fingerprint density at radius 1 is 1.00 bits per heavy atom. The van der Waals surface area contributed by atoms with Crippen LogP contribution in [0.2, 0.25) is 0 Å². The highest BCUT2D eigenvalue weighted by Crippen LogP contribution is 2.18. The minimum absolute atomic E-state index is 0.132. The molecule has 2 rings (SSSR count). The summed E-state index contributed by atoms with van der Waals surface area (Å²) in [7, 11) is 0. The average molecular weight is 304 g/mol. The predicted molar refractivity (Wildman–Crippen MR) is 71.7 cm³/mol. The Morgan fingerprint density at radius 3 is 2.33 bits per heavy atom. The fourth-order valence-electron chi connectivity index (χ4n) is 1.57. The average Bonchev–Trinajstić information content (AvgIpc) is 2.40. The number of rotatable bonds is 4. The van der Waals surface area contributed by atoms with E-state index in [4.69, 9.17) is 0 Å². The summed E-state index contributed by atoms with van der Waals surface area (Å²) in [5.74, 6) is -0.387. The number of hydrogen-bond acceptors (Lipinski definition) is 3. The van der Waals surface area contributed by atoms with Crippen molar-refractivity contribution in [2.45, 2.75) is 6.42 Å². The zero-order chi connectivity index (χ0) is 13.0. The van der Waals surface area contributed by atoms with Gasteiger partial charge in [0, 0.05) is 28.0 Å². The van der Waals surface area contributed by atoms with Crippen molar-refractivity contribution in [1.29, 1.82) is 0 Å². The molecule has 0 saturated carbocycles. The fourth-order valence-corrected chi connectivity index (χ4v) is 2.07. The summed E-state index contributed by atoms with van der Waals surface area (Å²) in [5.41, 5.74) is 1.03. The summed E-state index contributed by atoms with van der Waals surface area (Å²) >= 11 is 3.30. The maximum Gasteiger partial charge on any atom is 0.171 e. The smallest absolute Gasteiger partial charge is 0.171 e. The predicted octanol–water partition coefficient (Wildman–Crippen LogP) is 3.30.